The van der Waals surface area contributed by atoms with Gasteiger partial charge in [0.1, 0.15) is 0 Å². The molecule has 1 amide bonds. The Morgan fingerprint density at radius 2 is 2.21 bits per heavy atom. The van der Waals surface area contributed by atoms with Crippen LogP contribution in [0.3, 0.4) is 0 Å². The Morgan fingerprint density at radius 1 is 1.42 bits per heavy atom. The van der Waals surface area contributed by atoms with Gasteiger partial charge in [0.05, 0.1) is 5.56 Å². The molecule has 1 N–H and O–H groups in total. The van der Waals surface area contributed by atoms with Crippen LogP contribution in [0.2, 0.25) is 5.02 Å². The first kappa shape index (κ1) is 15.1. The molecular weight excluding hydrogens is 375 g/mol. The van der Waals surface area contributed by atoms with Crippen LogP contribution in [0.25, 0.3) is 0 Å². The van der Waals surface area contributed by atoms with Crippen LogP contribution in [0.15, 0.2) is 18.2 Å². The second-order valence-corrected chi connectivity index (χ2v) is 6.47. The summed E-state index contributed by atoms with van der Waals surface area (Å²) < 4.78 is 0.950. The number of carbonyl (C=O) groups excluding carboxylic acids is 1. The van der Waals surface area contributed by atoms with Gasteiger partial charge >= 0.3 is 0 Å². The van der Waals surface area contributed by atoms with E-state index in [2.05, 4.69) is 27.9 Å². The Balaban J connectivity index is 2.15. The number of carbonyl (C=O) groups is 1. The van der Waals surface area contributed by atoms with Crippen molar-refractivity contribution in [2.24, 2.45) is 0 Å². The van der Waals surface area contributed by atoms with Gasteiger partial charge in [-0.1, -0.05) is 11.6 Å². The number of halogens is 2. The minimum absolute atomic E-state index is 0.0683. The first-order valence-electron chi connectivity index (χ1n) is 6.52. The smallest absolute Gasteiger partial charge is 0.254 e. The van der Waals surface area contributed by atoms with Gasteiger partial charge in [-0.3, -0.25) is 4.79 Å². The fourth-order valence-electron chi connectivity index (χ4n) is 2.41. The number of nitrogens with zero attached hydrogens (tertiary/aromatic N) is 1. The van der Waals surface area contributed by atoms with E-state index in [0.717, 1.165) is 35.9 Å². The summed E-state index contributed by atoms with van der Waals surface area (Å²) in [6.45, 7) is 2.03. The van der Waals surface area contributed by atoms with Gasteiger partial charge in [-0.05, 0) is 73.1 Å². The lowest BCUT2D eigenvalue weighted by molar-refractivity contribution is 0.0719. The highest BCUT2D eigenvalue weighted by Crippen LogP contribution is 2.21. The molecule has 5 heteroatoms. The maximum Gasteiger partial charge on any atom is 0.254 e. The molecule has 19 heavy (non-hydrogen) atoms. The fourth-order valence-corrected chi connectivity index (χ4v) is 3.14. The average molecular weight is 393 g/mol. The predicted molar refractivity (Wildman–Crippen MR) is 86.8 cm³/mol. The van der Waals surface area contributed by atoms with Crippen molar-refractivity contribution in [1.82, 2.24) is 10.2 Å². The molecule has 2 rings (SSSR count). The highest BCUT2D eigenvalue weighted by molar-refractivity contribution is 14.1. The molecule has 1 unspecified atom stereocenters. The van der Waals surface area contributed by atoms with E-state index >= 15 is 0 Å². The molecule has 1 atom stereocenters. The zero-order valence-corrected chi connectivity index (χ0v) is 13.9. The first-order valence-corrected chi connectivity index (χ1v) is 7.98. The van der Waals surface area contributed by atoms with E-state index in [4.69, 9.17) is 11.6 Å². The Labute approximate surface area is 132 Å². The van der Waals surface area contributed by atoms with Gasteiger partial charge in [0.2, 0.25) is 0 Å². The molecule has 1 saturated heterocycles. The summed E-state index contributed by atoms with van der Waals surface area (Å²) in [5, 5.41) is 3.98. The monoisotopic (exact) mass is 392 g/mol. The Bertz CT molecular complexity index is 459. The third-order valence-electron chi connectivity index (χ3n) is 3.57. The normalized spacial score (nSPS) is 19.8. The van der Waals surface area contributed by atoms with E-state index in [0.29, 0.717) is 16.6 Å². The minimum Gasteiger partial charge on any atom is -0.339 e. The third kappa shape index (κ3) is 3.83. The van der Waals surface area contributed by atoms with Crippen LogP contribution in [0.1, 0.15) is 29.6 Å². The maximum absolute atomic E-state index is 12.6. The molecule has 1 aromatic carbocycles. The molecule has 0 radical (unpaired) electrons. The van der Waals surface area contributed by atoms with Gasteiger partial charge in [-0.25, -0.2) is 0 Å². The molecule has 104 valence electrons. The molecule has 3 nitrogen and oxygen atoms in total. The van der Waals surface area contributed by atoms with Crippen molar-refractivity contribution in [2.45, 2.75) is 25.3 Å². The second kappa shape index (κ2) is 6.90. The van der Waals surface area contributed by atoms with Gasteiger partial charge in [0.25, 0.3) is 5.91 Å². The first-order chi connectivity index (χ1) is 9.09. The summed E-state index contributed by atoms with van der Waals surface area (Å²) in [7, 11) is 1.90. The summed E-state index contributed by atoms with van der Waals surface area (Å²) in [5.74, 6) is 0.0683. The minimum atomic E-state index is 0.0683. The van der Waals surface area contributed by atoms with Crippen molar-refractivity contribution < 1.29 is 4.79 Å². The zero-order valence-electron chi connectivity index (χ0n) is 11.0. The number of rotatable bonds is 2. The number of hydrogen-bond donors (Lipinski definition) is 1. The number of hydrogen-bond acceptors (Lipinski definition) is 2. The Hall–Kier alpha value is -0.330. The van der Waals surface area contributed by atoms with Gasteiger partial charge in [-0.15, -0.1) is 0 Å². The van der Waals surface area contributed by atoms with Crippen LogP contribution >= 0.6 is 34.2 Å². The molecule has 1 heterocycles. The Kier molecular flexibility index (Phi) is 5.47. The van der Waals surface area contributed by atoms with Crippen LogP contribution in [0.5, 0.6) is 0 Å². The highest BCUT2D eigenvalue weighted by Gasteiger charge is 2.23. The summed E-state index contributed by atoms with van der Waals surface area (Å²) in [6, 6.07) is 5.78. The van der Waals surface area contributed by atoms with Crippen molar-refractivity contribution in [3.8, 4) is 0 Å². The quantitative estimate of drug-likeness (QED) is 0.784. The number of benzene rings is 1. The molecular formula is C14H18ClIN2O. The van der Waals surface area contributed by atoms with Crippen molar-refractivity contribution in [3.05, 3.63) is 32.4 Å². The molecule has 1 fully saturated rings. The second-order valence-electron chi connectivity index (χ2n) is 4.87. The largest absolute Gasteiger partial charge is 0.339 e. The van der Waals surface area contributed by atoms with Gasteiger partial charge in [0, 0.05) is 21.7 Å². The van der Waals surface area contributed by atoms with E-state index in [1.807, 2.05) is 24.1 Å². The van der Waals surface area contributed by atoms with E-state index in [9.17, 15) is 4.79 Å². The standard InChI is InChI=1S/C14H18ClIN2O/c1-18(11-3-2-7-17-8-6-11)14(19)12-9-10(15)4-5-13(12)16/h4-5,9,11,17H,2-3,6-8H2,1H3. The summed E-state index contributed by atoms with van der Waals surface area (Å²) in [4.78, 5) is 14.4. The molecule has 0 aromatic heterocycles. The highest BCUT2D eigenvalue weighted by atomic mass is 127. The average Bonchev–Trinajstić information content (AvgIpc) is 2.69. The van der Waals surface area contributed by atoms with E-state index in [1.54, 1.807) is 6.07 Å². The van der Waals surface area contributed by atoms with Crippen LogP contribution in [0.4, 0.5) is 0 Å². The van der Waals surface area contributed by atoms with Gasteiger partial charge < -0.3 is 10.2 Å². The van der Waals surface area contributed by atoms with Crippen LogP contribution in [-0.4, -0.2) is 37.0 Å². The maximum atomic E-state index is 12.6. The van der Waals surface area contributed by atoms with Crippen LogP contribution < -0.4 is 5.32 Å². The number of nitrogens with one attached hydrogen (secondary N) is 1. The summed E-state index contributed by atoms with van der Waals surface area (Å²) >= 11 is 8.18. The summed E-state index contributed by atoms with van der Waals surface area (Å²) in [6.07, 6.45) is 3.20. The van der Waals surface area contributed by atoms with Crippen molar-refractivity contribution >= 4 is 40.1 Å². The van der Waals surface area contributed by atoms with E-state index in [1.165, 1.54) is 0 Å². The van der Waals surface area contributed by atoms with E-state index < -0.39 is 0 Å². The third-order valence-corrected chi connectivity index (χ3v) is 4.75. The molecule has 1 aliphatic rings. The predicted octanol–water partition coefficient (Wildman–Crippen LogP) is 3.16. The zero-order chi connectivity index (χ0) is 13.8. The van der Waals surface area contributed by atoms with Gasteiger partial charge in [0.15, 0.2) is 0 Å². The number of amides is 1. The SMILES string of the molecule is CN(C(=O)c1cc(Cl)ccc1I)C1CCCNCC1. The molecule has 0 bridgehead atoms. The Morgan fingerprint density at radius 3 is 3.00 bits per heavy atom. The molecule has 0 aliphatic carbocycles. The fraction of sp³-hybridized carbons (Fsp3) is 0.500. The molecule has 1 aromatic rings. The lowest BCUT2D eigenvalue weighted by atomic mass is 10.1. The van der Waals surface area contributed by atoms with Crippen molar-refractivity contribution in [3.63, 3.8) is 0 Å². The van der Waals surface area contributed by atoms with Gasteiger partial charge in [-0.2, -0.15) is 0 Å². The summed E-state index contributed by atoms with van der Waals surface area (Å²) in [5.41, 5.74) is 0.702. The van der Waals surface area contributed by atoms with Crippen molar-refractivity contribution in [2.75, 3.05) is 20.1 Å². The van der Waals surface area contributed by atoms with Crippen LogP contribution in [-0.2, 0) is 0 Å². The molecule has 0 spiro atoms. The lowest BCUT2D eigenvalue weighted by Gasteiger charge is -2.27. The van der Waals surface area contributed by atoms with Crippen molar-refractivity contribution in [1.29, 1.82) is 0 Å². The molecule has 1 aliphatic heterocycles. The van der Waals surface area contributed by atoms with Crippen LogP contribution in [0, 0.1) is 3.57 Å². The van der Waals surface area contributed by atoms with E-state index in [-0.39, 0.29) is 5.91 Å². The topological polar surface area (TPSA) is 32.3 Å². The lowest BCUT2D eigenvalue weighted by Crippen LogP contribution is -2.38. The molecule has 0 saturated carbocycles.